The normalized spacial score (nSPS) is 16.3. The third kappa shape index (κ3) is 11.4. The summed E-state index contributed by atoms with van der Waals surface area (Å²) in [6.45, 7) is 0.549. The number of carboxylic acids is 1. The summed E-state index contributed by atoms with van der Waals surface area (Å²) in [4.78, 5) is 62.4. The number of rotatable bonds is 16. The van der Waals surface area contributed by atoms with Gasteiger partial charge in [-0.05, 0) is 61.9 Å². The number of hydrogen-bond acceptors (Lipinski definition) is 8. The third-order valence-corrected chi connectivity index (χ3v) is 7.05. The van der Waals surface area contributed by atoms with E-state index in [2.05, 4.69) is 26.6 Å². The first kappa shape index (κ1) is 33.0. The number of carboxylic acid groups (broad SMARTS) is 1. The highest BCUT2D eigenvalue weighted by Crippen LogP contribution is 2.11. The minimum absolute atomic E-state index is 0.0650. The number of amides is 4. The first-order valence-electron chi connectivity index (χ1n) is 14.3. The number of benzene rings is 2. The van der Waals surface area contributed by atoms with Gasteiger partial charge in [-0.1, -0.05) is 42.5 Å². The minimum atomic E-state index is -1.22. The van der Waals surface area contributed by atoms with Crippen LogP contribution in [0.25, 0.3) is 0 Å². The fourth-order valence-electron chi connectivity index (χ4n) is 4.66. The molecule has 0 bridgehead atoms. The number of phenolic OH excluding ortho intramolecular Hbond substituents is 1. The second-order valence-electron chi connectivity index (χ2n) is 10.5. The van der Waals surface area contributed by atoms with E-state index in [0.717, 1.165) is 24.9 Å². The van der Waals surface area contributed by atoms with Crippen LogP contribution in [0.5, 0.6) is 5.75 Å². The van der Waals surface area contributed by atoms with Crippen LogP contribution in [-0.2, 0) is 36.8 Å². The van der Waals surface area contributed by atoms with Gasteiger partial charge in [0, 0.05) is 13.0 Å². The summed E-state index contributed by atoms with van der Waals surface area (Å²) in [5.74, 6) is -3.22. The van der Waals surface area contributed by atoms with Gasteiger partial charge in [0.1, 0.15) is 17.8 Å². The molecule has 2 aromatic rings. The first-order valence-corrected chi connectivity index (χ1v) is 14.3. The Hall–Kier alpha value is -4.49. The monoisotopic (exact) mass is 596 g/mol. The molecule has 1 saturated heterocycles. The average Bonchev–Trinajstić information content (AvgIpc) is 3.54. The Labute approximate surface area is 250 Å². The highest BCUT2D eigenvalue weighted by atomic mass is 16.4. The van der Waals surface area contributed by atoms with E-state index in [1.165, 1.54) is 12.1 Å². The van der Waals surface area contributed by atoms with Crippen LogP contribution in [-0.4, -0.2) is 83.6 Å². The zero-order valence-electron chi connectivity index (χ0n) is 23.9. The van der Waals surface area contributed by atoms with Crippen LogP contribution < -0.4 is 32.3 Å². The quantitative estimate of drug-likeness (QED) is 0.115. The zero-order valence-corrected chi connectivity index (χ0v) is 23.9. The van der Waals surface area contributed by atoms with Crippen LogP contribution in [0, 0.1) is 0 Å². The van der Waals surface area contributed by atoms with E-state index in [4.69, 9.17) is 5.73 Å². The highest BCUT2D eigenvalue weighted by Gasteiger charge is 2.26. The standard InChI is InChI=1S/C30H40N6O7/c31-22(16-20-10-12-21(37)13-11-20)27(39)36-24(9-5-15-33-28(40)23-8-4-14-32-23)29(41)34-18-26(38)35-25(30(42)43)17-19-6-2-1-3-7-19/h1-3,6-7,10-13,22-25,32,37H,4-5,8-9,14-18,31H2,(H,33,40)(H,34,41)(H,35,38)(H,36,39)(H,42,43)/t22-,23-,24+,25-/m0/s1. The molecule has 4 atom stereocenters. The SMILES string of the molecule is N[C@@H](Cc1ccc(O)cc1)C(=O)N[C@H](CCCNC(=O)[C@@H]1CCCN1)C(=O)NCC(=O)N[C@@H](Cc1ccccc1)C(=O)O. The summed E-state index contributed by atoms with van der Waals surface area (Å²) in [5, 5.41) is 32.4. The molecule has 0 aliphatic carbocycles. The van der Waals surface area contributed by atoms with E-state index in [0.29, 0.717) is 12.0 Å². The molecule has 1 fully saturated rings. The lowest BCUT2D eigenvalue weighted by Crippen LogP contribution is -2.54. The van der Waals surface area contributed by atoms with Gasteiger partial charge in [0.2, 0.25) is 23.6 Å². The fourth-order valence-corrected chi connectivity index (χ4v) is 4.66. The Bertz CT molecular complexity index is 1240. The number of carbonyl (C=O) groups excluding carboxylic acids is 4. The number of aromatic hydroxyl groups is 1. The third-order valence-electron chi connectivity index (χ3n) is 7.05. The molecule has 1 heterocycles. The summed E-state index contributed by atoms with van der Waals surface area (Å²) in [7, 11) is 0. The van der Waals surface area contributed by atoms with E-state index in [1.807, 2.05) is 0 Å². The maximum atomic E-state index is 13.1. The van der Waals surface area contributed by atoms with Crippen LogP contribution >= 0.6 is 0 Å². The minimum Gasteiger partial charge on any atom is -0.508 e. The number of aliphatic carboxylic acids is 1. The molecule has 4 amide bonds. The summed E-state index contributed by atoms with van der Waals surface area (Å²) in [6.07, 6.45) is 2.40. The molecule has 0 unspecified atom stereocenters. The van der Waals surface area contributed by atoms with Crippen LogP contribution in [0.15, 0.2) is 54.6 Å². The molecular weight excluding hydrogens is 556 g/mol. The van der Waals surface area contributed by atoms with Gasteiger partial charge in [-0.3, -0.25) is 19.2 Å². The Kier molecular flexibility index (Phi) is 12.9. The van der Waals surface area contributed by atoms with E-state index in [-0.39, 0.29) is 43.5 Å². The topological polar surface area (TPSA) is 212 Å². The van der Waals surface area contributed by atoms with Gasteiger partial charge < -0.3 is 42.5 Å². The van der Waals surface area contributed by atoms with Crippen molar-refractivity contribution in [3.8, 4) is 5.75 Å². The fraction of sp³-hybridized carbons (Fsp3) is 0.433. The second kappa shape index (κ2) is 16.8. The van der Waals surface area contributed by atoms with Gasteiger partial charge in [0.25, 0.3) is 0 Å². The van der Waals surface area contributed by atoms with Crippen molar-refractivity contribution < 1.29 is 34.2 Å². The van der Waals surface area contributed by atoms with Crippen molar-refractivity contribution in [3.63, 3.8) is 0 Å². The number of nitrogens with one attached hydrogen (secondary N) is 5. The second-order valence-corrected chi connectivity index (χ2v) is 10.5. The lowest BCUT2D eigenvalue weighted by Gasteiger charge is -2.21. The smallest absolute Gasteiger partial charge is 0.326 e. The first-order chi connectivity index (χ1) is 20.6. The van der Waals surface area contributed by atoms with Crippen molar-refractivity contribution >= 4 is 29.6 Å². The van der Waals surface area contributed by atoms with Crippen LogP contribution in [0.1, 0.15) is 36.8 Å². The predicted molar refractivity (Wildman–Crippen MR) is 158 cm³/mol. The van der Waals surface area contributed by atoms with E-state index >= 15 is 0 Å². The lowest BCUT2D eigenvalue weighted by molar-refractivity contribution is -0.141. The molecule has 3 rings (SSSR count). The Morgan fingerprint density at radius 2 is 1.58 bits per heavy atom. The van der Waals surface area contributed by atoms with Crippen molar-refractivity contribution in [3.05, 3.63) is 65.7 Å². The van der Waals surface area contributed by atoms with Gasteiger partial charge in [0.15, 0.2) is 0 Å². The molecular formula is C30H40N6O7. The molecule has 13 heteroatoms. The summed E-state index contributed by atoms with van der Waals surface area (Å²) < 4.78 is 0. The van der Waals surface area contributed by atoms with Crippen LogP contribution in [0.4, 0.5) is 0 Å². The average molecular weight is 597 g/mol. The summed E-state index contributed by atoms with van der Waals surface area (Å²) >= 11 is 0. The molecule has 1 aliphatic rings. The number of hydrogen-bond donors (Lipinski definition) is 8. The number of nitrogens with two attached hydrogens (primary N) is 1. The van der Waals surface area contributed by atoms with Crippen LogP contribution in [0.3, 0.4) is 0 Å². The highest BCUT2D eigenvalue weighted by molar-refractivity contribution is 5.92. The van der Waals surface area contributed by atoms with Crippen molar-refractivity contribution in [1.29, 1.82) is 0 Å². The maximum absolute atomic E-state index is 13.1. The van der Waals surface area contributed by atoms with Crippen molar-refractivity contribution in [2.45, 2.75) is 62.7 Å². The number of carbonyl (C=O) groups is 5. The van der Waals surface area contributed by atoms with Crippen molar-refractivity contribution in [1.82, 2.24) is 26.6 Å². The van der Waals surface area contributed by atoms with Gasteiger partial charge in [-0.15, -0.1) is 0 Å². The van der Waals surface area contributed by atoms with Gasteiger partial charge in [-0.2, -0.15) is 0 Å². The molecule has 0 saturated carbocycles. The molecule has 232 valence electrons. The Balaban J connectivity index is 1.55. The molecule has 1 aliphatic heterocycles. The largest absolute Gasteiger partial charge is 0.508 e. The summed E-state index contributed by atoms with van der Waals surface area (Å²) in [6, 6.07) is 11.5. The maximum Gasteiger partial charge on any atom is 0.326 e. The Morgan fingerprint density at radius 3 is 2.23 bits per heavy atom. The van der Waals surface area contributed by atoms with Gasteiger partial charge >= 0.3 is 5.97 Å². The van der Waals surface area contributed by atoms with Crippen molar-refractivity contribution in [2.24, 2.45) is 5.73 Å². The van der Waals surface area contributed by atoms with E-state index in [1.54, 1.807) is 42.5 Å². The van der Waals surface area contributed by atoms with Gasteiger partial charge in [-0.25, -0.2) is 4.79 Å². The van der Waals surface area contributed by atoms with E-state index < -0.39 is 48.4 Å². The molecule has 0 aromatic heterocycles. The Morgan fingerprint density at radius 1 is 0.884 bits per heavy atom. The molecule has 43 heavy (non-hydrogen) atoms. The predicted octanol–water partition coefficient (Wildman–Crippen LogP) is -0.676. The van der Waals surface area contributed by atoms with Gasteiger partial charge in [0.05, 0.1) is 18.6 Å². The van der Waals surface area contributed by atoms with Crippen molar-refractivity contribution in [2.75, 3.05) is 19.6 Å². The van der Waals surface area contributed by atoms with Crippen LogP contribution in [0.2, 0.25) is 0 Å². The summed E-state index contributed by atoms with van der Waals surface area (Å²) in [5.41, 5.74) is 7.52. The van der Waals surface area contributed by atoms with E-state index in [9.17, 15) is 34.2 Å². The molecule has 0 spiro atoms. The zero-order chi connectivity index (χ0) is 31.2. The molecule has 13 nitrogen and oxygen atoms in total. The number of phenols is 1. The lowest BCUT2D eigenvalue weighted by atomic mass is 10.0. The molecule has 9 N–H and O–H groups in total. The molecule has 0 radical (unpaired) electrons. The molecule has 2 aromatic carbocycles.